The number of carbonyl (C=O) groups excluding carboxylic acids is 2. The number of rotatable bonds is 3. The van der Waals surface area contributed by atoms with Crippen LogP contribution in [0.1, 0.15) is 25.3 Å². The normalized spacial score (nSPS) is 14.6. The van der Waals surface area contributed by atoms with Crippen LogP contribution in [0.5, 0.6) is 0 Å². The highest BCUT2D eigenvalue weighted by Crippen LogP contribution is 2.13. The molecule has 0 bridgehead atoms. The van der Waals surface area contributed by atoms with Gasteiger partial charge in [0.15, 0.2) is 0 Å². The van der Waals surface area contributed by atoms with E-state index in [0.717, 1.165) is 37.2 Å². The molecule has 1 aliphatic heterocycles. The Morgan fingerprint density at radius 3 is 2.33 bits per heavy atom. The Morgan fingerprint density at radius 1 is 1.17 bits per heavy atom. The van der Waals surface area contributed by atoms with E-state index in [0.29, 0.717) is 6.42 Å². The fourth-order valence-corrected chi connectivity index (χ4v) is 2.16. The van der Waals surface area contributed by atoms with Crippen LogP contribution in [0.15, 0.2) is 24.3 Å². The first kappa shape index (κ1) is 12.6. The van der Waals surface area contributed by atoms with Gasteiger partial charge in [-0.3, -0.25) is 9.59 Å². The van der Waals surface area contributed by atoms with Crippen LogP contribution in [0, 0.1) is 0 Å². The SMILES string of the molecule is CC(=O)Nc1ccc(CC(=O)N2CCCC2)cc1. The van der Waals surface area contributed by atoms with Gasteiger partial charge in [0.2, 0.25) is 11.8 Å². The Hall–Kier alpha value is -1.84. The fraction of sp³-hybridized carbons (Fsp3) is 0.429. The molecule has 0 unspecified atom stereocenters. The number of anilines is 1. The monoisotopic (exact) mass is 246 g/mol. The third kappa shape index (κ3) is 3.32. The molecule has 0 radical (unpaired) electrons. The van der Waals surface area contributed by atoms with Crippen molar-refractivity contribution in [3.8, 4) is 0 Å². The van der Waals surface area contributed by atoms with E-state index in [4.69, 9.17) is 0 Å². The maximum absolute atomic E-state index is 11.9. The number of hydrogen-bond acceptors (Lipinski definition) is 2. The highest BCUT2D eigenvalue weighted by molar-refractivity contribution is 5.88. The highest BCUT2D eigenvalue weighted by atomic mass is 16.2. The Kier molecular flexibility index (Phi) is 3.97. The molecular weight excluding hydrogens is 228 g/mol. The van der Waals surface area contributed by atoms with Gasteiger partial charge >= 0.3 is 0 Å². The molecule has 1 heterocycles. The molecule has 4 nitrogen and oxygen atoms in total. The number of benzene rings is 1. The summed E-state index contributed by atoms with van der Waals surface area (Å²) in [5.41, 5.74) is 1.75. The Balaban J connectivity index is 1.93. The summed E-state index contributed by atoms with van der Waals surface area (Å²) in [6.07, 6.45) is 2.68. The molecule has 1 aromatic rings. The second-order valence-electron chi connectivity index (χ2n) is 4.64. The molecule has 1 N–H and O–H groups in total. The molecule has 0 saturated carbocycles. The average molecular weight is 246 g/mol. The van der Waals surface area contributed by atoms with Gasteiger partial charge < -0.3 is 10.2 Å². The number of likely N-dealkylation sites (tertiary alicyclic amines) is 1. The van der Waals surface area contributed by atoms with Crippen molar-refractivity contribution < 1.29 is 9.59 Å². The summed E-state index contributed by atoms with van der Waals surface area (Å²) in [6, 6.07) is 7.43. The zero-order valence-electron chi connectivity index (χ0n) is 10.6. The second-order valence-corrected chi connectivity index (χ2v) is 4.64. The van der Waals surface area contributed by atoms with Crippen molar-refractivity contribution in [1.82, 2.24) is 4.90 Å². The van der Waals surface area contributed by atoms with Crippen molar-refractivity contribution in [1.29, 1.82) is 0 Å². The van der Waals surface area contributed by atoms with Gasteiger partial charge in [-0.1, -0.05) is 12.1 Å². The molecule has 1 aromatic carbocycles. The van der Waals surface area contributed by atoms with Crippen LogP contribution < -0.4 is 5.32 Å². The van der Waals surface area contributed by atoms with Crippen LogP contribution in [-0.2, 0) is 16.0 Å². The van der Waals surface area contributed by atoms with Gasteiger partial charge in [-0.15, -0.1) is 0 Å². The molecule has 2 rings (SSSR count). The van der Waals surface area contributed by atoms with E-state index in [2.05, 4.69) is 5.32 Å². The van der Waals surface area contributed by atoms with Crippen LogP contribution in [0.25, 0.3) is 0 Å². The van der Waals surface area contributed by atoms with E-state index in [-0.39, 0.29) is 11.8 Å². The molecule has 18 heavy (non-hydrogen) atoms. The van der Waals surface area contributed by atoms with E-state index in [1.807, 2.05) is 29.2 Å². The van der Waals surface area contributed by atoms with E-state index < -0.39 is 0 Å². The summed E-state index contributed by atoms with van der Waals surface area (Å²) in [7, 11) is 0. The minimum absolute atomic E-state index is 0.0871. The third-order valence-electron chi connectivity index (χ3n) is 3.09. The second kappa shape index (κ2) is 5.67. The largest absolute Gasteiger partial charge is 0.342 e. The number of carbonyl (C=O) groups is 2. The van der Waals surface area contributed by atoms with Gasteiger partial charge in [-0.25, -0.2) is 0 Å². The first-order valence-electron chi connectivity index (χ1n) is 6.29. The lowest BCUT2D eigenvalue weighted by Gasteiger charge is -2.15. The van der Waals surface area contributed by atoms with E-state index in [1.165, 1.54) is 6.92 Å². The van der Waals surface area contributed by atoms with Gasteiger partial charge in [0.1, 0.15) is 0 Å². The van der Waals surface area contributed by atoms with Crippen molar-refractivity contribution in [3.63, 3.8) is 0 Å². The maximum atomic E-state index is 11.9. The fourth-order valence-electron chi connectivity index (χ4n) is 2.16. The molecular formula is C14H18N2O2. The third-order valence-corrected chi connectivity index (χ3v) is 3.09. The van der Waals surface area contributed by atoms with Crippen molar-refractivity contribution >= 4 is 17.5 Å². The van der Waals surface area contributed by atoms with Crippen LogP contribution in [0.2, 0.25) is 0 Å². The zero-order chi connectivity index (χ0) is 13.0. The zero-order valence-corrected chi connectivity index (χ0v) is 10.6. The van der Waals surface area contributed by atoms with Crippen molar-refractivity contribution in [2.45, 2.75) is 26.2 Å². The lowest BCUT2D eigenvalue weighted by Crippen LogP contribution is -2.29. The standard InChI is InChI=1S/C14H18N2O2/c1-11(17)15-13-6-4-12(5-7-13)10-14(18)16-8-2-3-9-16/h4-7H,2-3,8-10H2,1H3,(H,15,17). The van der Waals surface area contributed by atoms with Gasteiger partial charge in [0.05, 0.1) is 6.42 Å². The number of amides is 2. The van der Waals surface area contributed by atoms with E-state index >= 15 is 0 Å². The van der Waals surface area contributed by atoms with Gasteiger partial charge in [0, 0.05) is 25.7 Å². The van der Waals surface area contributed by atoms with Gasteiger partial charge in [-0.2, -0.15) is 0 Å². The summed E-state index contributed by atoms with van der Waals surface area (Å²) < 4.78 is 0. The number of nitrogens with one attached hydrogen (secondary N) is 1. The first-order chi connectivity index (χ1) is 8.65. The average Bonchev–Trinajstić information content (AvgIpc) is 2.84. The predicted octanol–water partition coefficient (Wildman–Crippen LogP) is 1.81. The minimum atomic E-state index is -0.0871. The topological polar surface area (TPSA) is 49.4 Å². The molecule has 1 saturated heterocycles. The molecule has 96 valence electrons. The van der Waals surface area contributed by atoms with Crippen LogP contribution in [0.4, 0.5) is 5.69 Å². The van der Waals surface area contributed by atoms with E-state index in [9.17, 15) is 9.59 Å². The Labute approximate surface area is 107 Å². The van der Waals surface area contributed by atoms with E-state index in [1.54, 1.807) is 0 Å². The van der Waals surface area contributed by atoms with Gasteiger partial charge in [-0.05, 0) is 30.5 Å². The van der Waals surface area contributed by atoms with Gasteiger partial charge in [0.25, 0.3) is 0 Å². The lowest BCUT2D eigenvalue weighted by atomic mass is 10.1. The molecule has 2 amide bonds. The first-order valence-corrected chi connectivity index (χ1v) is 6.29. The molecule has 4 heteroatoms. The summed E-state index contributed by atoms with van der Waals surface area (Å²) in [4.78, 5) is 24.7. The van der Waals surface area contributed by atoms with Crippen LogP contribution >= 0.6 is 0 Å². The minimum Gasteiger partial charge on any atom is -0.342 e. The lowest BCUT2D eigenvalue weighted by molar-refractivity contribution is -0.129. The number of hydrogen-bond donors (Lipinski definition) is 1. The highest BCUT2D eigenvalue weighted by Gasteiger charge is 2.17. The molecule has 1 aliphatic rings. The van der Waals surface area contributed by atoms with Crippen LogP contribution in [0.3, 0.4) is 0 Å². The van der Waals surface area contributed by atoms with Crippen molar-refractivity contribution in [2.24, 2.45) is 0 Å². The summed E-state index contributed by atoms with van der Waals surface area (Å²) in [5, 5.41) is 2.71. The number of nitrogens with zero attached hydrogens (tertiary/aromatic N) is 1. The summed E-state index contributed by atoms with van der Waals surface area (Å²) >= 11 is 0. The smallest absolute Gasteiger partial charge is 0.226 e. The summed E-state index contributed by atoms with van der Waals surface area (Å²) in [6.45, 7) is 3.26. The Morgan fingerprint density at radius 2 is 1.78 bits per heavy atom. The molecule has 1 fully saturated rings. The Bertz CT molecular complexity index is 434. The van der Waals surface area contributed by atoms with Crippen LogP contribution in [-0.4, -0.2) is 29.8 Å². The summed E-state index contributed by atoms with van der Waals surface area (Å²) in [5.74, 6) is 0.107. The van der Waals surface area contributed by atoms with Crippen molar-refractivity contribution in [2.75, 3.05) is 18.4 Å². The predicted molar refractivity (Wildman–Crippen MR) is 70.3 cm³/mol. The van der Waals surface area contributed by atoms with Crippen molar-refractivity contribution in [3.05, 3.63) is 29.8 Å². The molecule has 0 aliphatic carbocycles. The maximum Gasteiger partial charge on any atom is 0.226 e. The molecule has 0 aromatic heterocycles. The quantitative estimate of drug-likeness (QED) is 0.884. The molecule has 0 atom stereocenters. The molecule has 0 spiro atoms.